The van der Waals surface area contributed by atoms with Crippen molar-refractivity contribution in [2.75, 3.05) is 0 Å². The van der Waals surface area contributed by atoms with Crippen LogP contribution in [-0.2, 0) is 10.0 Å². The minimum atomic E-state index is -3.70. The van der Waals surface area contributed by atoms with Crippen molar-refractivity contribution in [1.29, 1.82) is 0 Å². The van der Waals surface area contributed by atoms with Gasteiger partial charge in [-0.15, -0.1) is 0 Å². The second-order valence-electron chi connectivity index (χ2n) is 4.36. The van der Waals surface area contributed by atoms with Crippen molar-refractivity contribution in [3.05, 3.63) is 54.6 Å². The highest BCUT2D eigenvalue weighted by Crippen LogP contribution is 2.22. The van der Waals surface area contributed by atoms with Gasteiger partial charge in [0.1, 0.15) is 0 Å². The molecule has 1 heterocycles. The van der Waals surface area contributed by atoms with Crippen molar-refractivity contribution in [3.63, 3.8) is 0 Å². The average Bonchev–Trinajstić information content (AvgIpc) is 2.97. The van der Waals surface area contributed by atoms with E-state index in [9.17, 15) is 8.42 Å². The van der Waals surface area contributed by atoms with Gasteiger partial charge in [0, 0.05) is 11.1 Å². The molecule has 1 aromatic heterocycles. The molecule has 0 unspecified atom stereocenters. The van der Waals surface area contributed by atoms with Crippen molar-refractivity contribution in [2.24, 2.45) is 5.14 Å². The molecule has 0 spiro atoms. The normalized spacial score (nSPS) is 11.5. The summed E-state index contributed by atoms with van der Waals surface area (Å²) in [6.45, 7) is 0. The van der Waals surface area contributed by atoms with E-state index in [0.717, 1.165) is 5.56 Å². The molecule has 2 aromatic carbocycles. The molecule has 2 N–H and O–H groups in total. The molecule has 21 heavy (non-hydrogen) atoms. The molecule has 3 aromatic rings. The first-order chi connectivity index (χ1) is 10.0. The van der Waals surface area contributed by atoms with Crippen molar-refractivity contribution >= 4 is 10.0 Å². The van der Waals surface area contributed by atoms with Gasteiger partial charge in [-0.25, -0.2) is 13.6 Å². The van der Waals surface area contributed by atoms with Gasteiger partial charge in [0.25, 0.3) is 5.89 Å². The molecule has 0 atom stereocenters. The van der Waals surface area contributed by atoms with Gasteiger partial charge in [0.2, 0.25) is 15.8 Å². The molecule has 0 bridgehead atoms. The Balaban J connectivity index is 1.94. The minimum Gasteiger partial charge on any atom is -0.334 e. The first-order valence-electron chi connectivity index (χ1n) is 6.06. The summed E-state index contributed by atoms with van der Waals surface area (Å²) in [4.78, 5) is 4.32. The highest BCUT2D eigenvalue weighted by Gasteiger charge is 2.12. The highest BCUT2D eigenvalue weighted by molar-refractivity contribution is 7.89. The number of sulfonamides is 1. The summed E-state index contributed by atoms with van der Waals surface area (Å²) < 4.78 is 27.6. The van der Waals surface area contributed by atoms with Gasteiger partial charge < -0.3 is 4.52 Å². The summed E-state index contributed by atoms with van der Waals surface area (Å²) in [6.07, 6.45) is 0. The first kappa shape index (κ1) is 13.5. The smallest absolute Gasteiger partial charge is 0.258 e. The molecule has 0 radical (unpaired) electrons. The van der Waals surface area contributed by atoms with Crippen LogP contribution in [0.3, 0.4) is 0 Å². The van der Waals surface area contributed by atoms with Crippen LogP contribution < -0.4 is 5.14 Å². The van der Waals surface area contributed by atoms with E-state index in [4.69, 9.17) is 9.66 Å². The molecule has 0 fully saturated rings. The topological polar surface area (TPSA) is 99.1 Å². The Labute approximate surface area is 121 Å². The van der Waals surface area contributed by atoms with E-state index in [2.05, 4.69) is 10.1 Å². The molecule has 0 saturated carbocycles. The van der Waals surface area contributed by atoms with E-state index in [0.29, 0.717) is 17.3 Å². The highest BCUT2D eigenvalue weighted by atomic mass is 32.2. The van der Waals surface area contributed by atoms with Crippen molar-refractivity contribution < 1.29 is 12.9 Å². The summed E-state index contributed by atoms with van der Waals surface area (Å²) in [5.74, 6) is 0.788. The largest absolute Gasteiger partial charge is 0.334 e. The van der Waals surface area contributed by atoms with Crippen LogP contribution in [0.2, 0.25) is 0 Å². The summed E-state index contributed by atoms with van der Waals surface area (Å²) in [6, 6.07) is 15.3. The van der Waals surface area contributed by atoms with E-state index < -0.39 is 10.0 Å². The minimum absolute atomic E-state index is 0.0398. The van der Waals surface area contributed by atoms with Crippen LogP contribution in [0.15, 0.2) is 64.0 Å². The summed E-state index contributed by atoms with van der Waals surface area (Å²) in [7, 11) is -3.70. The monoisotopic (exact) mass is 301 g/mol. The molecule has 7 heteroatoms. The Morgan fingerprint density at radius 3 is 2.19 bits per heavy atom. The Hall–Kier alpha value is -2.51. The van der Waals surface area contributed by atoms with Crippen molar-refractivity contribution in [2.45, 2.75) is 4.90 Å². The SMILES string of the molecule is NS(=O)(=O)c1ccc(-c2noc(-c3ccccc3)n2)cc1. The molecular formula is C14H11N3O3S. The first-order valence-corrected chi connectivity index (χ1v) is 7.61. The standard InChI is InChI=1S/C14H11N3O3S/c15-21(18,19)12-8-6-10(7-9-12)13-16-14(20-17-13)11-4-2-1-3-5-11/h1-9H,(H2,15,18,19). The Morgan fingerprint density at radius 1 is 0.905 bits per heavy atom. The maximum absolute atomic E-state index is 11.2. The van der Waals surface area contributed by atoms with E-state index in [1.165, 1.54) is 12.1 Å². The van der Waals surface area contributed by atoms with Crippen molar-refractivity contribution in [3.8, 4) is 22.8 Å². The Bertz CT molecular complexity index is 856. The van der Waals surface area contributed by atoms with Crippen LogP contribution in [0.5, 0.6) is 0 Å². The average molecular weight is 301 g/mol. The van der Waals surface area contributed by atoms with Gasteiger partial charge in [-0.05, 0) is 36.4 Å². The molecule has 6 nitrogen and oxygen atoms in total. The van der Waals surface area contributed by atoms with Crippen molar-refractivity contribution in [1.82, 2.24) is 10.1 Å². The quantitative estimate of drug-likeness (QED) is 0.798. The maximum Gasteiger partial charge on any atom is 0.258 e. The fraction of sp³-hybridized carbons (Fsp3) is 0. The molecule has 0 aliphatic rings. The zero-order valence-corrected chi connectivity index (χ0v) is 11.6. The molecular weight excluding hydrogens is 290 g/mol. The van der Waals surface area contributed by atoms with Crippen LogP contribution in [0.25, 0.3) is 22.8 Å². The summed E-state index contributed by atoms with van der Waals surface area (Å²) in [5, 5.41) is 8.94. The number of hydrogen-bond acceptors (Lipinski definition) is 5. The predicted molar refractivity (Wildman–Crippen MR) is 76.5 cm³/mol. The zero-order valence-electron chi connectivity index (χ0n) is 10.8. The number of rotatable bonds is 3. The summed E-state index contributed by atoms with van der Waals surface area (Å²) >= 11 is 0. The number of aromatic nitrogens is 2. The lowest BCUT2D eigenvalue weighted by Gasteiger charge is -1.98. The van der Waals surface area contributed by atoms with Crippen LogP contribution in [0, 0.1) is 0 Å². The lowest BCUT2D eigenvalue weighted by Crippen LogP contribution is -2.11. The lowest BCUT2D eigenvalue weighted by atomic mass is 10.2. The van der Waals surface area contributed by atoms with Gasteiger partial charge >= 0.3 is 0 Å². The van der Waals surface area contributed by atoms with E-state index in [1.807, 2.05) is 30.3 Å². The molecule has 0 aliphatic heterocycles. The Kier molecular flexibility index (Phi) is 3.28. The Morgan fingerprint density at radius 2 is 1.57 bits per heavy atom. The fourth-order valence-corrected chi connectivity index (χ4v) is 2.35. The number of nitrogens with zero attached hydrogens (tertiary/aromatic N) is 2. The van der Waals surface area contributed by atoms with Crippen LogP contribution in [0.4, 0.5) is 0 Å². The second-order valence-corrected chi connectivity index (χ2v) is 5.92. The molecule has 0 aliphatic carbocycles. The predicted octanol–water partition coefficient (Wildman–Crippen LogP) is 2.05. The third-order valence-corrected chi connectivity index (χ3v) is 3.82. The number of benzene rings is 2. The van der Waals surface area contributed by atoms with Crippen LogP contribution in [0.1, 0.15) is 0 Å². The van der Waals surface area contributed by atoms with Crippen LogP contribution >= 0.6 is 0 Å². The van der Waals surface area contributed by atoms with E-state index in [-0.39, 0.29) is 4.90 Å². The number of primary sulfonamides is 1. The lowest BCUT2D eigenvalue weighted by molar-refractivity contribution is 0.432. The van der Waals surface area contributed by atoms with Crippen LogP contribution in [-0.4, -0.2) is 18.6 Å². The number of hydrogen-bond donors (Lipinski definition) is 1. The van der Waals surface area contributed by atoms with Gasteiger partial charge in [-0.2, -0.15) is 4.98 Å². The van der Waals surface area contributed by atoms with Gasteiger partial charge in [-0.1, -0.05) is 23.4 Å². The fourth-order valence-electron chi connectivity index (χ4n) is 1.83. The third-order valence-electron chi connectivity index (χ3n) is 2.89. The molecule has 0 saturated heterocycles. The molecule has 3 rings (SSSR count). The number of nitrogens with two attached hydrogens (primary N) is 1. The molecule has 106 valence electrons. The van der Waals surface area contributed by atoms with E-state index >= 15 is 0 Å². The maximum atomic E-state index is 11.2. The second kappa shape index (κ2) is 5.12. The van der Waals surface area contributed by atoms with Gasteiger partial charge in [-0.3, -0.25) is 0 Å². The third kappa shape index (κ3) is 2.83. The summed E-state index contributed by atoms with van der Waals surface area (Å²) in [5.41, 5.74) is 1.46. The zero-order chi connectivity index (χ0) is 14.9. The molecule has 0 amide bonds. The van der Waals surface area contributed by atoms with Gasteiger partial charge in [0.05, 0.1) is 4.90 Å². The van der Waals surface area contributed by atoms with E-state index in [1.54, 1.807) is 12.1 Å². The van der Waals surface area contributed by atoms with Gasteiger partial charge in [0.15, 0.2) is 0 Å².